The highest BCUT2D eigenvalue weighted by Gasteiger charge is 2.36. The lowest BCUT2D eigenvalue weighted by Crippen LogP contribution is -2.49. The third-order valence-corrected chi connectivity index (χ3v) is 5.08. The molecule has 0 aromatic heterocycles. The Bertz CT molecular complexity index is 418. The van der Waals surface area contributed by atoms with Crippen molar-refractivity contribution in [3.8, 4) is 0 Å². The first-order valence-corrected chi connectivity index (χ1v) is 7.45. The molecule has 1 amide bonds. The van der Waals surface area contributed by atoms with Crippen molar-refractivity contribution >= 4 is 21.7 Å². The number of amides is 1. The highest BCUT2D eigenvalue weighted by atomic mass is 32.2. The minimum absolute atomic E-state index is 0.0389. The Hall–Kier alpha value is -1.15. The Morgan fingerprint density at radius 2 is 2.00 bits per heavy atom. The molecular weight excluding hydrogens is 262 g/mol. The number of nitrogens with one attached hydrogen (secondary N) is 1. The zero-order valence-electron chi connectivity index (χ0n) is 9.83. The molecule has 1 saturated heterocycles. The molecule has 0 aliphatic carbocycles. The van der Waals surface area contributed by atoms with Crippen LogP contribution >= 0.6 is 0 Å². The zero-order chi connectivity index (χ0) is 13.8. The molecule has 1 unspecified atom stereocenters. The number of aliphatic carboxylic acids is 1. The predicted octanol–water partition coefficient (Wildman–Crippen LogP) is -1.09. The van der Waals surface area contributed by atoms with E-state index in [1.54, 1.807) is 0 Å². The fraction of sp³-hybridized carbons (Fsp3) is 0.800. The summed E-state index contributed by atoms with van der Waals surface area (Å²) in [6, 6.07) is -1.25. The molecule has 1 aliphatic heterocycles. The van der Waals surface area contributed by atoms with Crippen LogP contribution in [0.2, 0.25) is 0 Å². The lowest BCUT2D eigenvalue weighted by molar-refractivity contribution is -0.142. The number of carboxylic acids is 1. The van der Waals surface area contributed by atoms with Crippen LogP contribution in [-0.2, 0) is 19.4 Å². The molecule has 0 bridgehead atoms. The molecule has 7 nitrogen and oxygen atoms in total. The van der Waals surface area contributed by atoms with Gasteiger partial charge in [-0.3, -0.25) is 4.79 Å². The van der Waals surface area contributed by atoms with Gasteiger partial charge in [0.15, 0.2) is 9.84 Å². The number of aliphatic hydroxyl groups is 1. The van der Waals surface area contributed by atoms with E-state index in [4.69, 9.17) is 10.2 Å². The summed E-state index contributed by atoms with van der Waals surface area (Å²) < 4.78 is 23.3. The van der Waals surface area contributed by atoms with Crippen LogP contribution in [0.3, 0.4) is 0 Å². The van der Waals surface area contributed by atoms with Gasteiger partial charge in [-0.25, -0.2) is 13.2 Å². The number of aliphatic hydroxyl groups excluding tert-OH is 1. The van der Waals surface area contributed by atoms with Crippen molar-refractivity contribution in [1.29, 1.82) is 0 Å². The third kappa shape index (κ3) is 3.67. The SMILES string of the molecule is O=C(N[C@@H](CCO)C(=O)O)C1CCCCS1(=O)=O. The van der Waals surface area contributed by atoms with Crippen LogP contribution in [0, 0.1) is 0 Å². The standard InChI is InChI=1S/C10H17NO6S/c12-5-4-7(10(14)15)11-9(13)8-3-1-2-6-18(8,16)17/h7-8,12H,1-6H2,(H,11,13)(H,14,15)/t7-,8?/m0/s1. The Balaban J connectivity index is 2.71. The van der Waals surface area contributed by atoms with Crippen molar-refractivity contribution < 1.29 is 28.2 Å². The van der Waals surface area contributed by atoms with E-state index in [0.717, 1.165) is 0 Å². The van der Waals surface area contributed by atoms with Crippen molar-refractivity contribution in [2.24, 2.45) is 0 Å². The van der Waals surface area contributed by atoms with Crippen molar-refractivity contribution in [2.45, 2.75) is 37.0 Å². The van der Waals surface area contributed by atoms with Crippen LogP contribution in [0.1, 0.15) is 25.7 Å². The van der Waals surface area contributed by atoms with E-state index in [0.29, 0.717) is 12.8 Å². The van der Waals surface area contributed by atoms with Crippen LogP contribution in [-0.4, -0.2) is 54.2 Å². The van der Waals surface area contributed by atoms with Crippen molar-refractivity contribution in [2.75, 3.05) is 12.4 Å². The van der Waals surface area contributed by atoms with Crippen LogP contribution in [0.25, 0.3) is 0 Å². The molecule has 1 rings (SSSR count). The van der Waals surface area contributed by atoms with E-state index in [1.165, 1.54) is 0 Å². The van der Waals surface area contributed by atoms with Crippen molar-refractivity contribution in [1.82, 2.24) is 5.32 Å². The molecule has 1 aliphatic rings. The summed E-state index contributed by atoms with van der Waals surface area (Å²) in [5.41, 5.74) is 0. The summed E-state index contributed by atoms with van der Waals surface area (Å²) in [6.45, 7) is -0.394. The minimum Gasteiger partial charge on any atom is -0.480 e. The average molecular weight is 279 g/mol. The maximum absolute atomic E-state index is 11.8. The smallest absolute Gasteiger partial charge is 0.326 e. The van der Waals surface area contributed by atoms with E-state index < -0.39 is 39.6 Å². The summed E-state index contributed by atoms with van der Waals surface area (Å²) in [5.74, 6) is -2.11. The van der Waals surface area contributed by atoms with Gasteiger partial charge in [-0.2, -0.15) is 0 Å². The topological polar surface area (TPSA) is 121 Å². The second-order valence-electron chi connectivity index (χ2n) is 4.26. The van der Waals surface area contributed by atoms with Crippen LogP contribution in [0.5, 0.6) is 0 Å². The Labute approximate surface area is 105 Å². The van der Waals surface area contributed by atoms with E-state index >= 15 is 0 Å². The molecule has 1 heterocycles. The number of hydrogen-bond donors (Lipinski definition) is 3. The monoisotopic (exact) mass is 279 g/mol. The average Bonchev–Trinajstić information content (AvgIpc) is 2.27. The number of rotatable bonds is 5. The van der Waals surface area contributed by atoms with Gasteiger partial charge in [-0.1, -0.05) is 6.42 Å². The molecule has 18 heavy (non-hydrogen) atoms. The highest BCUT2D eigenvalue weighted by Crippen LogP contribution is 2.19. The largest absolute Gasteiger partial charge is 0.480 e. The Morgan fingerprint density at radius 1 is 1.33 bits per heavy atom. The molecule has 0 aromatic rings. The first kappa shape index (κ1) is 14.9. The maximum atomic E-state index is 11.8. The van der Waals surface area contributed by atoms with Gasteiger partial charge in [0, 0.05) is 13.0 Å². The normalized spacial score (nSPS) is 24.2. The van der Waals surface area contributed by atoms with Gasteiger partial charge in [0.2, 0.25) is 5.91 Å². The molecule has 3 N–H and O–H groups in total. The fourth-order valence-electron chi connectivity index (χ4n) is 1.90. The van der Waals surface area contributed by atoms with Gasteiger partial charge >= 0.3 is 5.97 Å². The number of sulfone groups is 1. The fourth-order valence-corrected chi connectivity index (χ4v) is 3.71. The molecule has 1 fully saturated rings. The molecule has 0 spiro atoms. The lowest BCUT2D eigenvalue weighted by atomic mass is 10.1. The second kappa shape index (κ2) is 6.14. The second-order valence-corrected chi connectivity index (χ2v) is 6.57. The zero-order valence-corrected chi connectivity index (χ0v) is 10.6. The molecule has 0 saturated carbocycles. The summed E-state index contributed by atoms with van der Waals surface area (Å²) in [5, 5.41) is 18.5. The number of carboxylic acid groups (broad SMARTS) is 1. The molecule has 104 valence electrons. The molecule has 0 aromatic carbocycles. The number of carbonyl (C=O) groups excluding carboxylic acids is 1. The van der Waals surface area contributed by atoms with E-state index in [2.05, 4.69) is 5.32 Å². The maximum Gasteiger partial charge on any atom is 0.326 e. The third-order valence-electron chi connectivity index (χ3n) is 2.90. The van der Waals surface area contributed by atoms with Crippen molar-refractivity contribution in [3.63, 3.8) is 0 Å². The molecule has 0 radical (unpaired) electrons. The van der Waals surface area contributed by atoms with Gasteiger partial charge in [-0.05, 0) is 12.8 Å². The molecule has 8 heteroatoms. The highest BCUT2D eigenvalue weighted by molar-refractivity contribution is 7.92. The van der Waals surface area contributed by atoms with Gasteiger partial charge in [-0.15, -0.1) is 0 Å². The number of carbonyl (C=O) groups is 2. The van der Waals surface area contributed by atoms with E-state index in [1.807, 2.05) is 0 Å². The quantitative estimate of drug-likeness (QED) is 0.588. The summed E-state index contributed by atoms with van der Waals surface area (Å²) in [6.07, 6.45) is 1.24. The van der Waals surface area contributed by atoms with E-state index in [9.17, 15) is 18.0 Å². The van der Waals surface area contributed by atoms with Gasteiger partial charge < -0.3 is 15.5 Å². The minimum atomic E-state index is -3.48. The van der Waals surface area contributed by atoms with Gasteiger partial charge in [0.05, 0.1) is 5.75 Å². The first-order chi connectivity index (χ1) is 8.38. The van der Waals surface area contributed by atoms with E-state index in [-0.39, 0.29) is 18.6 Å². The Kier molecular flexibility index (Phi) is 5.09. The lowest BCUT2D eigenvalue weighted by Gasteiger charge is -2.23. The molecular formula is C10H17NO6S. The van der Waals surface area contributed by atoms with Crippen LogP contribution in [0.4, 0.5) is 0 Å². The van der Waals surface area contributed by atoms with Gasteiger partial charge in [0.1, 0.15) is 11.3 Å². The Morgan fingerprint density at radius 3 is 2.50 bits per heavy atom. The first-order valence-electron chi connectivity index (χ1n) is 5.74. The summed E-state index contributed by atoms with van der Waals surface area (Å²) in [4.78, 5) is 22.6. The molecule has 2 atom stereocenters. The van der Waals surface area contributed by atoms with Crippen molar-refractivity contribution in [3.05, 3.63) is 0 Å². The van der Waals surface area contributed by atoms with Gasteiger partial charge in [0.25, 0.3) is 0 Å². The van der Waals surface area contributed by atoms with Crippen LogP contribution < -0.4 is 5.32 Å². The number of hydrogen-bond acceptors (Lipinski definition) is 5. The predicted molar refractivity (Wildman–Crippen MR) is 62.7 cm³/mol. The summed E-state index contributed by atoms with van der Waals surface area (Å²) in [7, 11) is -3.48. The summed E-state index contributed by atoms with van der Waals surface area (Å²) >= 11 is 0. The van der Waals surface area contributed by atoms with Crippen LogP contribution in [0.15, 0.2) is 0 Å².